The molecule has 0 saturated heterocycles. The van der Waals surface area contributed by atoms with Crippen LogP contribution in [0.5, 0.6) is 0 Å². The molecular weight excluding hydrogens is 450 g/mol. The minimum absolute atomic E-state index is 0.0167. The molecule has 0 amide bonds. The van der Waals surface area contributed by atoms with Gasteiger partial charge in [-0.3, -0.25) is 23.9 Å². The van der Waals surface area contributed by atoms with Crippen molar-refractivity contribution in [1.82, 2.24) is 9.97 Å². The molecule has 2 heterocycles. The molecule has 32 heavy (non-hydrogen) atoms. The Morgan fingerprint density at radius 2 is 1.72 bits per heavy atom. The zero-order chi connectivity index (χ0) is 23.1. The zero-order valence-electron chi connectivity index (χ0n) is 17.2. The minimum atomic E-state index is -4.00. The molecule has 0 unspecified atom stereocenters. The van der Waals surface area contributed by atoms with E-state index in [1.54, 1.807) is 30.6 Å². The van der Waals surface area contributed by atoms with E-state index >= 15 is 0 Å². The molecule has 1 N–H and O–H groups in total. The van der Waals surface area contributed by atoms with E-state index in [0.717, 1.165) is 21.6 Å². The van der Waals surface area contributed by atoms with Crippen LogP contribution < -0.4 is 4.31 Å². The number of thioether (sulfide) groups is 1. The number of aliphatic hydroxyl groups excluding tert-OH is 1. The van der Waals surface area contributed by atoms with Gasteiger partial charge in [-0.1, -0.05) is 11.8 Å². The summed E-state index contributed by atoms with van der Waals surface area (Å²) in [5.74, 6) is -0.216. The highest BCUT2D eigenvalue weighted by Crippen LogP contribution is 2.25. The van der Waals surface area contributed by atoms with Crippen molar-refractivity contribution in [2.24, 2.45) is 0 Å². The molecule has 0 atom stereocenters. The first-order chi connectivity index (χ1) is 15.3. The van der Waals surface area contributed by atoms with Crippen LogP contribution in [0.4, 0.5) is 5.69 Å². The summed E-state index contributed by atoms with van der Waals surface area (Å²) >= 11 is 0.916. The van der Waals surface area contributed by atoms with Crippen LogP contribution in [-0.2, 0) is 14.8 Å². The number of anilines is 1. The van der Waals surface area contributed by atoms with E-state index in [1.807, 2.05) is 0 Å². The molecule has 3 rings (SSSR count). The molecule has 0 bridgehead atoms. The van der Waals surface area contributed by atoms with Crippen LogP contribution in [0.3, 0.4) is 0 Å². The number of hydrogen-bond donors (Lipinski definition) is 1. The first kappa shape index (κ1) is 23.6. The number of carbonyl (C=O) groups is 2. The Bertz CT molecular complexity index is 1180. The van der Waals surface area contributed by atoms with E-state index in [1.165, 1.54) is 43.5 Å². The van der Waals surface area contributed by atoms with Crippen molar-refractivity contribution in [3.8, 4) is 11.3 Å². The van der Waals surface area contributed by atoms with E-state index in [-0.39, 0.29) is 28.1 Å². The molecule has 10 heteroatoms. The average molecular weight is 472 g/mol. The Morgan fingerprint density at radius 1 is 1.03 bits per heavy atom. The van der Waals surface area contributed by atoms with E-state index in [0.29, 0.717) is 16.9 Å². The minimum Gasteiger partial charge on any atom is -0.394 e. The molecule has 0 aliphatic heterocycles. The van der Waals surface area contributed by atoms with Crippen molar-refractivity contribution < 1.29 is 23.1 Å². The topological polar surface area (TPSA) is 118 Å². The summed E-state index contributed by atoms with van der Waals surface area (Å²) in [6.07, 6.45) is 4.52. The fourth-order valence-corrected chi connectivity index (χ4v) is 4.80. The Labute approximate surface area is 190 Å². The second kappa shape index (κ2) is 10.5. The van der Waals surface area contributed by atoms with Crippen LogP contribution >= 0.6 is 11.8 Å². The quantitative estimate of drug-likeness (QED) is 0.474. The molecular formula is C22H21N3O5S2. The molecule has 0 saturated carbocycles. The van der Waals surface area contributed by atoms with Crippen molar-refractivity contribution in [3.05, 3.63) is 72.7 Å². The van der Waals surface area contributed by atoms with E-state index in [9.17, 15) is 23.1 Å². The third-order valence-electron chi connectivity index (χ3n) is 4.49. The standard InChI is InChI=1S/C22H21N3O5S2/c1-16(27)31-15-22(28)18-2-4-19(5-3-18)25(12-13-26)32(29,30)20-6-7-21(24-14-20)17-8-10-23-11-9-17/h2-11,14,26H,12-13,15H2,1H3. The Balaban J connectivity index is 1.85. The lowest BCUT2D eigenvalue weighted by molar-refractivity contribution is -0.109. The highest BCUT2D eigenvalue weighted by molar-refractivity contribution is 8.14. The van der Waals surface area contributed by atoms with E-state index < -0.39 is 16.6 Å². The molecule has 0 radical (unpaired) electrons. The van der Waals surface area contributed by atoms with Gasteiger partial charge < -0.3 is 5.11 Å². The third kappa shape index (κ3) is 5.58. The van der Waals surface area contributed by atoms with Gasteiger partial charge in [-0.05, 0) is 48.5 Å². The first-order valence-electron chi connectivity index (χ1n) is 9.59. The van der Waals surface area contributed by atoms with Crippen molar-refractivity contribution in [3.63, 3.8) is 0 Å². The molecule has 8 nitrogen and oxygen atoms in total. The monoisotopic (exact) mass is 471 g/mol. The van der Waals surface area contributed by atoms with Gasteiger partial charge in [0, 0.05) is 36.6 Å². The summed E-state index contributed by atoms with van der Waals surface area (Å²) < 4.78 is 27.5. The largest absolute Gasteiger partial charge is 0.394 e. The first-order valence-corrected chi connectivity index (χ1v) is 12.0. The van der Waals surface area contributed by atoms with Crippen LogP contribution in [0.2, 0.25) is 0 Å². The molecule has 3 aromatic rings. The lowest BCUT2D eigenvalue weighted by Gasteiger charge is -2.23. The maximum absolute atomic E-state index is 13.2. The van der Waals surface area contributed by atoms with E-state index in [4.69, 9.17) is 0 Å². The maximum Gasteiger partial charge on any atom is 0.265 e. The molecule has 2 aromatic heterocycles. The Morgan fingerprint density at radius 3 is 2.28 bits per heavy atom. The molecule has 0 aliphatic carbocycles. The Kier molecular flexibility index (Phi) is 7.73. The number of carbonyl (C=O) groups excluding carboxylic acids is 2. The van der Waals surface area contributed by atoms with Gasteiger partial charge in [0.25, 0.3) is 10.0 Å². The third-order valence-corrected chi connectivity index (χ3v) is 7.11. The molecule has 1 aromatic carbocycles. The van der Waals surface area contributed by atoms with Crippen LogP contribution in [0, 0.1) is 0 Å². The maximum atomic E-state index is 13.2. The Hall–Kier alpha value is -3.08. The van der Waals surface area contributed by atoms with Gasteiger partial charge in [0.15, 0.2) is 10.9 Å². The fraction of sp³-hybridized carbons (Fsp3) is 0.182. The summed E-state index contributed by atoms with van der Waals surface area (Å²) in [5, 5.41) is 9.30. The van der Waals surface area contributed by atoms with Crippen LogP contribution in [0.25, 0.3) is 11.3 Å². The number of hydrogen-bond acceptors (Lipinski definition) is 8. The number of aliphatic hydroxyl groups is 1. The van der Waals surface area contributed by atoms with Crippen molar-refractivity contribution in [1.29, 1.82) is 0 Å². The molecule has 166 valence electrons. The molecule has 0 spiro atoms. The average Bonchev–Trinajstić information content (AvgIpc) is 2.81. The molecule has 0 aliphatic rings. The van der Waals surface area contributed by atoms with Gasteiger partial charge >= 0.3 is 0 Å². The van der Waals surface area contributed by atoms with Gasteiger partial charge in [0.1, 0.15) is 4.90 Å². The van der Waals surface area contributed by atoms with Gasteiger partial charge in [-0.15, -0.1) is 0 Å². The van der Waals surface area contributed by atoms with Crippen molar-refractivity contribution in [2.45, 2.75) is 11.8 Å². The summed E-state index contributed by atoms with van der Waals surface area (Å²) in [4.78, 5) is 31.4. The normalized spacial score (nSPS) is 11.2. The summed E-state index contributed by atoms with van der Waals surface area (Å²) in [6, 6.07) is 12.6. The number of Topliss-reactive ketones (excluding diaryl/α,β-unsaturated/α-hetero) is 1. The van der Waals surface area contributed by atoms with Gasteiger partial charge in [-0.2, -0.15) is 0 Å². The predicted octanol–water partition coefficient (Wildman–Crippen LogP) is 2.79. The number of nitrogens with zero attached hydrogens (tertiary/aromatic N) is 3. The number of pyridine rings is 2. The van der Waals surface area contributed by atoms with Gasteiger partial charge in [0.05, 0.1) is 30.3 Å². The lowest BCUT2D eigenvalue weighted by atomic mass is 10.1. The van der Waals surface area contributed by atoms with Crippen molar-refractivity contribution >= 4 is 38.4 Å². The number of sulfonamides is 1. The number of rotatable bonds is 9. The van der Waals surface area contributed by atoms with Crippen LogP contribution in [0.15, 0.2) is 72.0 Å². The second-order valence-electron chi connectivity index (χ2n) is 6.67. The smallest absolute Gasteiger partial charge is 0.265 e. The summed E-state index contributed by atoms with van der Waals surface area (Å²) in [6.45, 7) is 0.830. The second-order valence-corrected chi connectivity index (χ2v) is 9.68. The number of ketones is 1. The summed E-state index contributed by atoms with van der Waals surface area (Å²) in [7, 11) is -4.00. The number of aromatic nitrogens is 2. The van der Waals surface area contributed by atoms with Gasteiger partial charge in [0.2, 0.25) is 0 Å². The van der Waals surface area contributed by atoms with Crippen LogP contribution in [-0.4, -0.2) is 53.3 Å². The summed E-state index contributed by atoms with van der Waals surface area (Å²) in [5.41, 5.74) is 2.07. The fourth-order valence-electron chi connectivity index (χ4n) is 2.90. The van der Waals surface area contributed by atoms with Crippen LogP contribution in [0.1, 0.15) is 17.3 Å². The predicted molar refractivity (Wildman–Crippen MR) is 123 cm³/mol. The SMILES string of the molecule is CC(=O)SCC(=O)c1ccc(N(CCO)S(=O)(=O)c2ccc(-c3ccncc3)nc2)cc1. The zero-order valence-corrected chi connectivity index (χ0v) is 18.8. The highest BCUT2D eigenvalue weighted by Gasteiger charge is 2.25. The molecule has 0 fully saturated rings. The lowest BCUT2D eigenvalue weighted by Crippen LogP contribution is -2.33. The van der Waals surface area contributed by atoms with Crippen molar-refractivity contribution in [2.75, 3.05) is 23.2 Å². The van der Waals surface area contributed by atoms with E-state index in [2.05, 4.69) is 9.97 Å². The van der Waals surface area contributed by atoms with Gasteiger partial charge in [-0.25, -0.2) is 8.42 Å². The highest BCUT2D eigenvalue weighted by atomic mass is 32.2. The number of benzene rings is 1.